The van der Waals surface area contributed by atoms with Crippen molar-refractivity contribution in [1.82, 2.24) is 4.90 Å². The first-order valence-electron chi connectivity index (χ1n) is 9.57. The molecule has 0 saturated carbocycles. The molecule has 28 heavy (non-hydrogen) atoms. The molecule has 0 saturated heterocycles. The quantitative estimate of drug-likeness (QED) is 0.568. The maximum atomic E-state index is 12.0. The van der Waals surface area contributed by atoms with Crippen LogP contribution in [0.4, 0.5) is 0 Å². The minimum Gasteiger partial charge on any atom is -0.481 e. The molecule has 0 radical (unpaired) electrons. The molecule has 148 valence electrons. The first kappa shape index (κ1) is 21.6. The van der Waals surface area contributed by atoms with E-state index in [-0.39, 0.29) is 19.1 Å². The Kier molecular flexibility index (Phi) is 8.66. The summed E-state index contributed by atoms with van der Waals surface area (Å²) in [7, 11) is 0. The Morgan fingerprint density at radius 1 is 1.11 bits per heavy atom. The van der Waals surface area contributed by atoms with Gasteiger partial charge in [0.1, 0.15) is 0 Å². The van der Waals surface area contributed by atoms with Crippen molar-refractivity contribution in [2.45, 2.75) is 25.4 Å². The number of aliphatic carboxylic acids is 1. The van der Waals surface area contributed by atoms with Gasteiger partial charge in [0.05, 0.1) is 5.92 Å². The second-order valence-electron chi connectivity index (χ2n) is 6.79. The van der Waals surface area contributed by atoms with Gasteiger partial charge in [-0.2, -0.15) is 0 Å². The lowest BCUT2D eigenvalue weighted by molar-refractivity contribution is -0.144. The van der Waals surface area contributed by atoms with Crippen LogP contribution in [0.1, 0.15) is 30.5 Å². The van der Waals surface area contributed by atoms with Crippen LogP contribution in [0.25, 0.3) is 6.08 Å². The molecule has 0 aliphatic rings. The van der Waals surface area contributed by atoms with Crippen molar-refractivity contribution < 1.29 is 15.0 Å². The van der Waals surface area contributed by atoms with Crippen molar-refractivity contribution in [3.8, 4) is 0 Å². The predicted octanol–water partition coefficient (Wildman–Crippen LogP) is 4.40. The Morgan fingerprint density at radius 3 is 2.25 bits per heavy atom. The molecule has 0 amide bonds. The number of benzene rings is 2. The fourth-order valence-electron chi connectivity index (χ4n) is 3.44. The van der Waals surface area contributed by atoms with Gasteiger partial charge in [0, 0.05) is 25.2 Å². The molecule has 3 atom stereocenters. The highest BCUT2D eigenvalue weighted by molar-refractivity contribution is 5.72. The van der Waals surface area contributed by atoms with Crippen molar-refractivity contribution in [2.24, 2.45) is 5.92 Å². The van der Waals surface area contributed by atoms with Crippen LogP contribution >= 0.6 is 0 Å². The van der Waals surface area contributed by atoms with Crippen molar-refractivity contribution in [3.63, 3.8) is 0 Å². The topological polar surface area (TPSA) is 60.8 Å². The number of aliphatic hydroxyl groups is 1. The smallest absolute Gasteiger partial charge is 0.308 e. The lowest BCUT2D eigenvalue weighted by Gasteiger charge is -2.37. The molecule has 0 aliphatic heterocycles. The molecule has 0 fully saturated rings. The van der Waals surface area contributed by atoms with Gasteiger partial charge in [-0.3, -0.25) is 9.69 Å². The fraction of sp³-hybridized carbons (Fsp3) is 0.292. The average molecular weight is 380 g/mol. The molecular weight excluding hydrogens is 350 g/mol. The number of nitrogens with zero attached hydrogens (tertiary/aromatic N) is 1. The predicted molar refractivity (Wildman–Crippen MR) is 114 cm³/mol. The van der Waals surface area contributed by atoms with E-state index in [0.29, 0.717) is 6.54 Å². The van der Waals surface area contributed by atoms with Gasteiger partial charge in [-0.05, 0) is 24.5 Å². The summed E-state index contributed by atoms with van der Waals surface area (Å²) in [5, 5.41) is 19.3. The second kappa shape index (κ2) is 11.2. The Bertz CT molecular complexity index is 758. The largest absolute Gasteiger partial charge is 0.481 e. The summed E-state index contributed by atoms with van der Waals surface area (Å²) in [4.78, 5) is 14.1. The van der Waals surface area contributed by atoms with Crippen LogP contribution in [-0.2, 0) is 4.79 Å². The van der Waals surface area contributed by atoms with Crippen LogP contribution in [0.15, 0.2) is 79.4 Å². The van der Waals surface area contributed by atoms with Gasteiger partial charge in [0.2, 0.25) is 0 Å². The number of carboxylic acids is 1. The summed E-state index contributed by atoms with van der Waals surface area (Å²) in [6.45, 7) is 6.30. The number of carbonyl (C=O) groups is 1. The summed E-state index contributed by atoms with van der Waals surface area (Å²) in [6.07, 6.45) is 5.87. The number of hydrogen-bond donors (Lipinski definition) is 2. The molecule has 4 heteroatoms. The minimum absolute atomic E-state index is 0.00911. The van der Waals surface area contributed by atoms with E-state index in [1.807, 2.05) is 72.8 Å². The molecule has 0 bridgehead atoms. The standard InChI is InChI=1S/C24H29NO3/c1-3-17-25(19(2)21-12-8-5-9-13-21)23(22(16-18-26)24(27)28)15-14-20-10-6-4-7-11-20/h3-15,19,22-23,26H,1,16-18H2,2H3,(H,27,28). The van der Waals surface area contributed by atoms with Crippen molar-refractivity contribution in [2.75, 3.05) is 13.2 Å². The fourth-order valence-corrected chi connectivity index (χ4v) is 3.44. The minimum atomic E-state index is -0.911. The first-order valence-corrected chi connectivity index (χ1v) is 9.57. The number of rotatable bonds is 11. The van der Waals surface area contributed by atoms with E-state index in [9.17, 15) is 15.0 Å². The highest BCUT2D eigenvalue weighted by Gasteiger charge is 2.33. The Balaban J connectivity index is 2.43. The summed E-state index contributed by atoms with van der Waals surface area (Å²) in [5.74, 6) is -1.64. The van der Waals surface area contributed by atoms with E-state index in [1.54, 1.807) is 6.08 Å². The van der Waals surface area contributed by atoms with E-state index in [0.717, 1.165) is 11.1 Å². The van der Waals surface area contributed by atoms with E-state index < -0.39 is 17.9 Å². The Labute approximate surface area is 167 Å². The van der Waals surface area contributed by atoms with Crippen LogP contribution in [0.3, 0.4) is 0 Å². The van der Waals surface area contributed by atoms with E-state index in [4.69, 9.17) is 0 Å². The van der Waals surface area contributed by atoms with Gasteiger partial charge in [-0.25, -0.2) is 0 Å². The Morgan fingerprint density at radius 2 is 1.71 bits per heavy atom. The molecule has 3 unspecified atom stereocenters. The van der Waals surface area contributed by atoms with Crippen LogP contribution in [-0.4, -0.2) is 40.3 Å². The molecule has 2 rings (SSSR count). The number of hydrogen-bond acceptors (Lipinski definition) is 3. The zero-order valence-corrected chi connectivity index (χ0v) is 16.3. The molecule has 2 aromatic rings. The third kappa shape index (κ3) is 5.91. The lowest BCUT2D eigenvalue weighted by atomic mass is 9.91. The molecule has 0 aliphatic carbocycles. The first-order chi connectivity index (χ1) is 13.6. The summed E-state index contributed by atoms with van der Waals surface area (Å²) in [5.41, 5.74) is 2.11. The van der Waals surface area contributed by atoms with E-state index in [1.165, 1.54) is 0 Å². The summed E-state index contributed by atoms with van der Waals surface area (Å²) < 4.78 is 0. The van der Waals surface area contributed by atoms with Crippen molar-refractivity contribution in [3.05, 3.63) is 90.5 Å². The van der Waals surface area contributed by atoms with Crippen LogP contribution in [0, 0.1) is 5.92 Å². The normalized spacial score (nSPS) is 14.7. The molecule has 0 aromatic heterocycles. The molecule has 2 aromatic carbocycles. The highest BCUT2D eigenvalue weighted by atomic mass is 16.4. The van der Waals surface area contributed by atoms with Gasteiger partial charge in [0.25, 0.3) is 0 Å². The van der Waals surface area contributed by atoms with Crippen molar-refractivity contribution >= 4 is 12.0 Å². The van der Waals surface area contributed by atoms with Crippen LogP contribution in [0.2, 0.25) is 0 Å². The summed E-state index contributed by atoms with van der Waals surface area (Å²) >= 11 is 0. The molecule has 4 nitrogen and oxygen atoms in total. The second-order valence-corrected chi connectivity index (χ2v) is 6.79. The molecular formula is C24H29NO3. The van der Waals surface area contributed by atoms with E-state index in [2.05, 4.69) is 18.4 Å². The summed E-state index contributed by atoms with van der Waals surface area (Å²) in [6, 6.07) is 19.4. The zero-order valence-electron chi connectivity index (χ0n) is 16.3. The monoisotopic (exact) mass is 379 g/mol. The third-order valence-electron chi connectivity index (χ3n) is 4.96. The number of aliphatic hydroxyl groups excluding tert-OH is 1. The SMILES string of the molecule is C=CCN(C(C)c1ccccc1)C(C=Cc1ccccc1)C(CCO)C(=O)O. The average Bonchev–Trinajstić information content (AvgIpc) is 2.73. The number of carboxylic acid groups (broad SMARTS) is 1. The molecule has 2 N–H and O–H groups in total. The molecule has 0 spiro atoms. The van der Waals surface area contributed by atoms with Gasteiger partial charge in [0.15, 0.2) is 0 Å². The van der Waals surface area contributed by atoms with Gasteiger partial charge in [-0.1, -0.05) is 78.9 Å². The van der Waals surface area contributed by atoms with Crippen LogP contribution < -0.4 is 0 Å². The van der Waals surface area contributed by atoms with Crippen molar-refractivity contribution in [1.29, 1.82) is 0 Å². The maximum absolute atomic E-state index is 12.0. The highest BCUT2D eigenvalue weighted by Crippen LogP contribution is 2.28. The lowest BCUT2D eigenvalue weighted by Crippen LogP contribution is -2.44. The molecule has 0 heterocycles. The Hall–Kier alpha value is -2.69. The van der Waals surface area contributed by atoms with Crippen LogP contribution in [0.5, 0.6) is 0 Å². The van der Waals surface area contributed by atoms with E-state index >= 15 is 0 Å². The van der Waals surface area contributed by atoms with Gasteiger partial charge >= 0.3 is 5.97 Å². The third-order valence-corrected chi connectivity index (χ3v) is 4.96. The maximum Gasteiger partial charge on any atom is 0.308 e. The zero-order chi connectivity index (χ0) is 20.4. The van der Waals surface area contributed by atoms with Gasteiger partial charge in [-0.15, -0.1) is 6.58 Å². The van der Waals surface area contributed by atoms with Gasteiger partial charge < -0.3 is 10.2 Å².